The highest BCUT2D eigenvalue weighted by Crippen LogP contribution is 2.29. The zero-order valence-electron chi connectivity index (χ0n) is 15.6. The number of benzene rings is 2. The minimum atomic E-state index is -0.578. The first-order valence-corrected chi connectivity index (χ1v) is 9.42. The largest absolute Gasteiger partial charge is 0.496 e. The van der Waals surface area contributed by atoms with Crippen LogP contribution in [0.1, 0.15) is 10.4 Å². The molecule has 0 fully saturated rings. The topological polar surface area (TPSA) is 112 Å². The van der Waals surface area contributed by atoms with Crippen LogP contribution in [0, 0.1) is 10.1 Å². The van der Waals surface area contributed by atoms with E-state index in [1.54, 1.807) is 25.3 Å². The molecule has 2 rings (SSSR count). The number of nitrogens with zero attached hydrogens (tertiary/aromatic N) is 1. The Morgan fingerprint density at radius 1 is 1.21 bits per heavy atom. The maximum atomic E-state index is 12.6. The van der Waals surface area contributed by atoms with Crippen molar-refractivity contribution in [2.75, 3.05) is 32.8 Å². The molecular formula is C18H18BrN3O6S. The summed E-state index contributed by atoms with van der Waals surface area (Å²) in [5.41, 5.74) is 0.114. The summed E-state index contributed by atoms with van der Waals surface area (Å²) in [5.74, 6) is 0.137. The average Bonchev–Trinajstić information content (AvgIpc) is 2.69. The second kappa shape index (κ2) is 10.7. The molecule has 0 saturated heterocycles. The quantitative estimate of drug-likeness (QED) is 0.254. The minimum Gasteiger partial charge on any atom is -0.496 e. The van der Waals surface area contributed by atoms with Crippen molar-refractivity contribution in [2.45, 2.75) is 0 Å². The van der Waals surface area contributed by atoms with E-state index in [2.05, 4.69) is 26.6 Å². The van der Waals surface area contributed by atoms with Crippen molar-refractivity contribution in [2.24, 2.45) is 0 Å². The number of nitrogens with one attached hydrogen (secondary N) is 2. The molecule has 0 radical (unpaired) electrons. The molecule has 154 valence electrons. The lowest BCUT2D eigenvalue weighted by Crippen LogP contribution is -2.34. The molecular weight excluding hydrogens is 466 g/mol. The number of amides is 1. The van der Waals surface area contributed by atoms with Crippen LogP contribution in [0.2, 0.25) is 0 Å². The molecule has 2 N–H and O–H groups in total. The second-order valence-electron chi connectivity index (χ2n) is 5.53. The van der Waals surface area contributed by atoms with E-state index in [1.807, 2.05) is 0 Å². The molecule has 0 spiro atoms. The van der Waals surface area contributed by atoms with Gasteiger partial charge in [-0.1, -0.05) is 15.9 Å². The highest BCUT2D eigenvalue weighted by atomic mass is 79.9. The SMILES string of the molecule is COCCOc1ccc(Br)cc1C(=O)NC(=S)Nc1ccc(OC)cc1[N+](=O)[O-]. The van der Waals surface area contributed by atoms with Crippen LogP contribution in [0.4, 0.5) is 11.4 Å². The van der Waals surface area contributed by atoms with Gasteiger partial charge >= 0.3 is 0 Å². The van der Waals surface area contributed by atoms with Crippen LogP contribution >= 0.6 is 28.1 Å². The predicted octanol–water partition coefficient (Wildman–Crippen LogP) is 3.52. The minimum absolute atomic E-state index is 0.105. The van der Waals surface area contributed by atoms with E-state index in [1.165, 1.54) is 25.3 Å². The lowest BCUT2D eigenvalue weighted by molar-refractivity contribution is -0.384. The van der Waals surface area contributed by atoms with Gasteiger partial charge in [0, 0.05) is 11.6 Å². The molecule has 0 aliphatic rings. The number of hydrogen-bond donors (Lipinski definition) is 2. The lowest BCUT2D eigenvalue weighted by Gasteiger charge is -2.14. The van der Waals surface area contributed by atoms with Gasteiger partial charge in [0.25, 0.3) is 11.6 Å². The summed E-state index contributed by atoms with van der Waals surface area (Å²) in [4.78, 5) is 23.3. The Morgan fingerprint density at radius 2 is 1.97 bits per heavy atom. The normalized spacial score (nSPS) is 10.2. The van der Waals surface area contributed by atoms with Crippen molar-refractivity contribution < 1.29 is 23.9 Å². The van der Waals surface area contributed by atoms with Gasteiger partial charge in [-0.15, -0.1) is 0 Å². The Hall–Kier alpha value is -2.76. The first kappa shape index (κ1) is 22.5. The number of methoxy groups -OCH3 is 2. The molecule has 2 aromatic carbocycles. The van der Waals surface area contributed by atoms with Crippen LogP contribution in [0.25, 0.3) is 0 Å². The molecule has 0 atom stereocenters. The molecule has 9 nitrogen and oxygen atoms in total. The van der Waals surface area contributed by atoms with Crippen molar-refractivity contribution >= 4 is 50.5 Å². The summed E-state index contributed by atoms with van der Waals surface area (Å²) in [5, 5.41) is 16.3. The smallest absolute Gasteiger partial charge is 0.296 e. The molecule has 0 unspecified atom stereocenters. The number of carbonyl (C=O) groups excluding carboxylic acids is 1. The fourth-order valence-corrected chi connectivity index (χ4v) is 2.82. The van der Waals surface area contributed by atoms with Crippen molar-refractivity contribution in [3.63, 3.8) is 0 Å². The highest BCUT2D eigenvalue weighted by Gasteiger charge is 2.19. The number of carbonyl (C=O) groups is 1. The highest BCUT2D eigenvalue weighted by molar-refractivity contribution is 9.10. The molecule has 0 aliphatic heterocycles. The Bertz CT molecular complexity index is 924. The third-order valence-corrected chi connectivity index (χ3v) is 4.31. The second-order valence-corrected chi connectivity index (χ2v) is 6.85. The molecule has 0 saturated carbocycles. The van der Waals surface area contributed by atoms with E-state index < -0.39 is 10.8 Å². The number of nitro benzene ring substituents is 1. The number of rotatable bonds is 8. The van der Waals surface area contributed by atoms with Gasteiger partial charge in [-0.05, 0) is 42.5 Å². The lowest BCUT2D eigenvalue weighted by atomic mass is 10.2. The van der Waals surface area contributed by atoms with Crippen molar-refractivity contribution in [3.8, 4) is 11.5 Å². The van der Waals surface area contributed by atoms with E-state index in [0.717, 1.165) is 0 Å². The average molecular weight is 484 g/mol. The monoisotopic (exact) mass is 483 g/mol. The fraction of sp³-hybridized carbons (Fsp3) is 0.222. The van der Waals surface area contributed by atoms with Gasteiger partial charge in [0.1, 0.15) is 23.8 Å². The van der Waals surface area contributed by atoms with Crippen LogP contribution in [-0.4, -0.2) is 43.4 Å². The van der Waals surface area contributed by atoms with Crippen LogP contribution < -0.4 is 20.1 Å². The Balaban J connectivity index is 2.15. The standard InChI is InChI=1S/C18H18BrN3O6S/c1-26-7-8-28-16-6-3-11(19)9-13(16)17(23)21-18(29)20-14-5-4-12(27-2)10-15(14)22(24)25/h3-6,9-10H,7-8H2,1-2H3,(H2,20,21,23,29). The maximum Gasteiger partial charge on any atom is 0.296 e. The zero-order chi connectivity index (χ0) is 21.4. The van der Waals surface area contributed by atoms with E-state index in [4.69, 9.17) is 26.4 Å². The fourth-order valence-electron chi connectivity index (χ4n) is 2.26. The summed E-state index contributed by atoms with van der Waals surface area (Å²) < 4.78 is 16.2. The number of ether oxygens (including phenoxy) is 3. The molecule has 0 heterocycles. The van der Waals surface area contributed by atoms with E-state index in [-0.39, 0.29) is 28.7 Å². The number of halogens is 1. The first-order chi connectivity index (χ1) is 13.8. The summed E-state index contributed by atoms with van der Waals surface area (Å²) in [7, 11) is 2.95. The van der Waals surface area contributed by atoms with Crippen LogP contribution in [-0.2, 0) is 4.74 Å². The van der Waals surface area contributed by atoms with Crippen LogP contribution in [0.3, 0.4) is 0 Å². The number of anilines is 1. The summed E-state index contributed by atoms with van der Waals surface area (Å²) >= 11 is 8.44. The molecule has 29 heavy (non-hydrogen) atoms. The van der Waals surface area contributed by atoms with Crippen molar-refractivity contribution in [3.05, 3.63) is 56.5 Å². The number of nitro groups is 1. The third-order valence-electron chi connectivity index (χ3n) is 3.61. The molecule has 11 heteroatoms. The Labute approximate surface area is 180 Å². The van der Waals surface area contributed by atoms with Gasteiger partial charge in [-0.3, -0.25) is 20.2 Å². The maximum absolute atomic E-state index is 12.6. The van der Waals surface area contributed by atoms with Gasteiger partial charge in [-0.25, -0.2) is 0 Å². The molecule has 0 aromatic heterocycles. The van der Waals surface area contributed by atoms with Crippen molar-refractivity contribution in [1.82, 2.24) is 5.32 Å². The van der Waals surface area contributed by atoms with Gasteiger partial charge in [-0.2, -0.15) is 0 Å². The molecule has 0 bridgehead atoms. The van der Waals surface area contributed by atoms with Crippen LogP contribution in [0.5, 0.6) is 11.5 Å². The van der Waals surface area contributed by atoms with E-state index >= 15 is 0 Å². The number of hydrogen-bond acceptors (Lipinski definition) is 7. The van der Waals surface area contributed by atoms with Gasteiger partial charge in [0.05, 0.1) is 30.3 Å². The van der Waals surface area contributed by atoms with Gasteiger partial charge in [0.2, 0.25) is 0 Å². The Kier molecular flexibility index (Phi) is 8.31. The van der Waals surface area contributed by atoms with E-state index in [9.17, 15) is 14.9 Å². The summed E-state index contributed by atoms with van der Waals surface area (Å²) in [6.07, 6.45) is 0. The van der Waals surface area contributed by atoms with Gasteiger partial charge in [0.15, 0.2) is 5.11 Å². The molecule has 0 aliphatic carbocycles. The summed E-state index contributed by atoms with van der Waals surface area (Å²) in [6, 6.07) is 9.18. The van der Waals surface area contributed by atoms with E-state index in [0.29, 0.717) is 22.6 Å². The summed E-state index contributed by atoms with van der Waals surface area (Å²) in [6.45, 7) is 0.622. The van der Waals surface area contributed by atoms with Crippen molar-refractivity contribution in [1.29, 1.82) is 0 Å². The van der Waals surface area contributed by atoms with Crippen LogP contribution in [0.15, 0.2) is 40.9 Å². The predicted molar refractivity (Wildman–Crippen MR) is 115 cm³/mol. The first-order valence-electron chi connectivity index (χ1n) is 8.21. The number of thiocarbonyl (C=S) groups is 1. The zero-order valence-corrected chi connectivity index (χ0v) is 18.0. The molecule has 1 amide bonds. The third kappa shape index (κ3) is 6.38. The molecule has 2 aromatic rings. The Morgan fingerprint density at radius 3 is 2.62 bits per heavy atom. The van der Waals surface area contributed by atoms with Gasteiger partial charge < -0.3 is 19.5 Å².